The minimum atomic E-state index is -4.54. The Morgan fingerprint density at radius 1 is 1.16 bits per heavy atom. The Morgan fingerprint density at radius 3 is 2.65 bits per heavy atom. The van der Waals surface area contributed by atoms with Crippen molar-refractivity contribution in [2.24, 2.45) is 0 Å². The van der Waals surface area contributed by atoms with Gasteiger partial charge in [-0.2, -0.15) is 13.2 Å². The van der Waals surface area contributed by atoms with Crippen LogP contribution in [0.3, 0.4) is 0 Å². The van der Waals surface area contributed by atoms with Gasteiger partial charge in [-0.15, -0.1) is 11.3 Å². The number of pyridine rings is 2. The lowest BCUT2D eigenvalue weighted by Gasteiger charge is -2.12. The highest BCUT2D eigenvalue weighted by atomic mass is 32.1. The average Bonchev–Trinajstić information content (AvgIpc) is 3.25. The van der Waals surface area contributed by atoms with Crippen LogP contribution in [0.25, 0.3) is 21.7 Å². The highest BCUT2D eigenvalue weighted by molar-refractivity contribution is 7.13. The number of carbonyl (C=O) groups is 1. The van der Waals surface area contributed by atoms with Crippen molar-refractivity contribution in [2.45, 2.75) is 20.0 Å². The molecule has 0 radical (unpaired) electrons. The van der Waals surface area contributed by atoms with Crippen LogP contribution in [0.2, 0.25) is 0 Å². The summed E-state index contributed by atoms with van der Waals surface area (Å²) in [5, 5.41) is 7.29. The van der Waals surface area contributed by atoms with E-state index < -0.39 is 17.8 Å². The Bertz CT molecular complexity index is 1060. The van der Waals surface area contributed by atoms with Crippen molar-refractivity contribution in [1.82, 2.24) is 20.3 Å². The minimum absolute atomic E-state index is 0.178. The maximum Gasteiger partial charge on any atom is 0.434 e. The van der Waals surface area contributed by atoms with E-state index in [0.29, 0.717) is 29.2 Å². The average molecular weight is 451 g/mol. The van der Waals surface area contributed by atoms with Crippen LogP contribution in [0.15, 0.2) is 36.1 Å². The molecule has 0 aliphatic heterocycles. The maximum absolute atomic E-state index is 13.1. The van der Waals surface area contributed by atoms with Gasteiger partial charge in [0, 0.05) is 40.7 Å². The first-order valence-electron chi connectivity index (χ1n) is 9.43. The van der Waals surface area contributed by atoms with Crippen molar-refractivity contribution < 1.29 is 22.7 Å². The van der Waals surface area contributed by atoms with Crippen LogP contribution in [0, 0.1) is 0 Å². The maximum atomic E-state index is 13.1. The third kappa shape index (κ3) is 5.56. The predicted octanol–water partition coefficient (Wildman–Crippen LogP) is 4.44. The number of thiazole rings is 1. The molecule has 3 aromatic heterocycles. The molecule has 3 rings (SSSR count). The van der Waals surface area contributed by atoms with Crippen LogP contribution in [0.4, 0.5) is 19.0 Å². The molecule has 0 atom stereocenters. The number of aromatic nitrogens is 3. The smallest absolute Gasteiger partial charge is 0.434 e. The Hall–Kier alpha value is -3.05. The van der Waals surface area contributed by atoms with E-state index in [2.05, 4.69) is 25.6 Å². The Labute approximate surface area is 180 Å². The summed E-state index contributed by atoms with van der Waals surface area (Å²) >= 11 is 0.880. The first-order valence-corrected chi connectivity index (χ1v) is 10.3. The summed E-state index contributed by atoms with van der Waals surface area (Å²) in [6, 6.07) is 3.19. The van der Waals surface area contributed by atoms with Gasteiger partial charge in [0.05, 0.1) is 18.8 Å². The summed E-state index contributed by atoms with van der Waals surface area (Å²) in [5.74, 6) is -0.0677. The number of nitrogens with zero attached hydrogens (tertiary/aromatic N) is 3. The molecule has 2 N–H and O–H groups in total. The molecule has 164 valence electrons. The van der Waals surface area contributed by atoms with Crippen molar-refractivity contribution in [3.05, 3.63) is 47.4 Å². The second-order valence-electron chi connectivity index (χ2n) is 6.29. The van der Waals surface area contributed by atoms with Crippen molar-refractivity contribution in [3.8, 4) is 21.7 Å². The number of rotatable bonds is 8. The number of carbonyl (C=O) groups excluding carboxylic acids is 1. The fourth-order valence-corrected chi connectivity index (χ4v) is 3.53. The third-order valence-corrected chi connectivity index (χ3v) is 5.01. The van der Waals surface area contributed by atoms with Gasteiger partial charge in [-0.3, -0.25) is 4.98 Å². The van der Waals surface area contributed by atoms with E-state index in [-0.39, 0.29) is 17.2 Å². The molecule has 0 fully saturated rings. The number of ether oxygens (including phenoxy) is 1. The Balaban J connectivity index is 2.06. The van der Waals surface area contributed by atoms with Crippen molar-refractivity contribution >= 4 is 23.1 Å². The number of hydrogen-bond donors (Lipinski definition) is 2. The molecule has 0 spiro atoms. The molecule has 0 amide bonds. The van der Waals surface area contributed by atoms with Crippen molar-refractivity contribution in [1.29, 1.82) is 0 Å². The van der Waals surface area contributed by atoms with Crippen LogP contribution >= 0.6 is 11.3 Å². The number of alkyl halides is 3. The fourth-order valence-electron chi connectivity index (χ4n) is 2.68. The zero-order chi connectivity index (χ0) is 22.4. The first-order chi connectivity index (χ1) is 14.8. The van der Waals surface area contributed by atoms with E-state index in [0.717, 1.165) is 23.3 Å². The highest BCUT2D eigenvalue weighted by Crippen LogP contribution is 2.38. The van der Waals surface area contributed by atoms with Gasteiger partial charge in [0.25, 0.3) is 0 Å². The molecule has 3 aromatic rings. The minimum Gasteiger partial charge on any atom is -0.462 e. The lowest BCUT2D eigenvalue weighted by atomic mass is 10.0. The largest absolute Gasteiger partial charge is 0.462 e. The van der Waals surface area contributed by atoms with E-state index in [1.54, 1.807) is 19.1 Å². The molecule has 7 nitrogen and oxygen atoms in total. The lowest BCUT2D eigenvalue weighted by molar-refractivity contribution is -0.140. The Morgan fingerprint density at radius 2 is 1.97 bits per heavy atom. The molecule has 11 heteroatoms. The molecule has 0 aromatic carbocycles. The van der Waals surface area contributed by atoms with Crippen LogP contribution in [-0.2, 0) is 10.9 Å². The second-order valence-corrected chi connectivity index (χ2v) is 7.15. The zero-order valence-electron chi connectivity index (χ0n) is 16.8. The monoisotopic (exact) mass is 451 g/mol. The van der Waals surface area contributed by atoms with E-state index in [1.807, 2.05) is 6.92 Å². The number of anilines is 1. The standard InChI is InChI=1S/C20H20F3N5O2S/c1-3-24-11-27-17-6-14(18-28-16(10-31-18)20(21,22)23)15(9-26-17)12-5-13(8-25-7-12)19(29)30-4-2/h5-10,24H,3-4,11H2,1-2H3,(H,26,27). The number of halogens is 3. The van der Waals surface area contributed by atoms with Gasteiger partial charge in [0.2, 0.25) is 0 Å². The zero-order valence-corrected chi connectivity index (χ0v) is 17.6. The summed E-state index contributed by atoms with van der Waals surface area (Å²) in [5.41, 5.74) is 0.716. The van der Waals surface area contributed by atoms with Gasteiger partial charge in [-0.05, 0) is 25.6 Å². The predicted molar refractivity (Wildman–Crippen MR) is 112 cm³/mol. The first kappa shape index (κ1) is 22.6. The van der Waals surface area contributed by atoms with Crippen LogP contribution in [0.1, 0.15) is 29.9 Å². The van der Waals surface area contributed by atoms with E-state index >= 15 is 0 Å². The Kier molecular flexibility index (Phi) is 7.18. The molecule has 0 aliphatic carbocycles. The molecule has 0 saturated carbocycles. The van der Waals surface area contributed by atoms with Gasteiger partial charge in [-0.25, -0.2) is 14.8 Å². The normalized spacial score (nSPS) is 11.4. The summed E-state index contributed by atoms with van der Waals surface area (Å²) < 4.78 is 44.3. The summed E-state index contributed by atoms with van der Waals surface area (Å²) in [7, 11) is 0. The highest BCUT2D eigenvalue weighted by Gasteiger charge is 2.34. The third-order valence-electron chi connectivity index (χ3n) is 4.13. The molecule has 0 aliphatic rings. The SMILES string of the molecule is CCNCNc1cc(-c2nc(C(F)(F)F)cs2)c(-c2cncc(C(=O)OCC)c2)cn1. The number of nitrogens with one attached hydrogen (secondary N) is 2. The molecular formula is C20H20F3N5O2S. The van der Waals surface area contributed by atoms with Gasteiger partial charge in [0.15, 0.2) is 5.69 Å². The van der Waals surface area contributed by atoms with E-state index in [4.69, 9.17) is 4.74 Å². The summed E-state index contributed by atoms with van der Waals surface area (Å²) in [4.78, 5) is 24.3. The van der Waals surface area contributed by atoms with Crippen molar-refractivity contribution in [2.75, 3.05) is 25.1 Å². The van der Waals surface area contributed by atoms with Gasteiger partial charge < -0.3 is 15.4 Å². The van der Waals surface area contributed by atoms with Crippen LogP contribution in [-0.4, -0.2) is 40.7 Å². The van der Waals surface area contributed by atoms with Crippen LogP contribution < -0.4 is 10.6 Å². The molecule has 0 saturated heterocycles. The van der Waals surface area contributed by atoms with Gasteiger partial charge in [0.1, 0.15) is 10.8 Å². The van der Waals surface area contributed by atoms with Gasteiger partial charge >= 0.3 is 12.1 Å². The molecule has 3 heterocycles. The fraction of sp³-hybridized carbons (Fsp3) is 0.300. The summed E-state index contributed by atoms with van der Waals surface area (Å²) in [6.45, 7) is 5.03. The summed E-state index contributed by atoms with van der Waals surface area (Å²) in [6.07, 6.45) is -0.150. The van der Waals surface area contributed by atoms with E-state index in [1.165, 1.54) is 18.6 Å². The molecule has 0 bridgehead atoms. The van der Waals surface area contributed by atoms with Gasteiger partial charge in [-0.1, -0.05) is 6.92 Å². The molecule has 31 heavy (non-hydrogen) atoms. The lowest BCUT2D eigenvalue weighted by Crippen LogP contribution is -2.21. The van der Waals surface area contributed by atoms with Crippen LogP contribution in [0.5, 0.6) is 0 Å². The van der Waals surface area contributed by atoms with Crippen molar-refractivity contribution in [3.63, 3.8) is 0 Å². The molecular weight excluding hydrogens is 431 g/mol. The molecule has 0 unspecified atom stereocenters. The topological polar surface area (TPSA) is 89.0 Å². The second kappa shape index (κ2) is 9.84. The number of esters is 1. The quantitative estimate of drug-likeness (QED) is 0.297. The number of hydrogen-bond acceptors (Lipinski definition) is 8. The van der Waals surface area contributed by atoms with E-state index in [9.17, 15) is 18.0 Å².